The van der Waals surface area contributed by atoms with Gasteiger partial charge in [-0.05, 0) is 37.5 Å². The molecule has 0 aliphatic heterocycles. The molecule has 0 radical (unpaired) electrons. The smallest absolute Gasteiger partial charge is 0.462 e. The summed E-state index contributed by atoms with van der Waals surface area (Å²) in [5.41, 5.74) is 0. The fraction of sp³-hybridized carbons (Fsp3) is 0.941. The van der Waals surface area contributed by atoms with Crippen LogP contribution in [0.15, 0.2) is 0 Å². The monoisotopic (exact) mass is 1280 g/mol. The van der Waals surface area contributed by atoms with Gasteiger partial charge in [0, 0.05) is 25.7 Å². The van der Waals surface area contributed by atoms with Gasteiger partial charge in [0.05, 0.1) is 26.4 Å². The molecule has 0 aromatic carbocycles. The lowest BCUT2D eigenvalue weighted by atomic mass is 9.99. The quantitative estimate of drug-likeness (QED) is 0.0222. The largest absolute Gasteiger partial charge is 0.472 e. The summed E-state index contributed by atoms with van der Waals surface area (Å²) >= 11 is 0. The van der Waals surface area contributed by atoms with Crippen LogP contribution in [-0.4, -0.2) is 96.7 Å². The Morgan fingerprint density at radius 1 is 0.333 bits per heavy atom. The van der Waals surface area contributed by atoms with Crippen LogP contribution in [0.5, 0.6) is 0 Å². The van der Waals surface area contributed by atoms with Gasteiger partial charge in [-0.25, -0.2) is 9.13 Å². The maximum Gasteiger partial charge on any atom is 0.472 e. The van der Waals surface area contributed by atoms with Gasteiger partial charge >= 0.3 is 39.5 Å². The summed E-state index contributed by atoms with van der Waals surface area (Å²) in [6.07, 6.45) is 44.9. The van der Waals surface area contributed by atoms with E-state index in [1.165, 1.54) is 135 Å². The van der Waals surface area contributed by atoms with Crippen LogP contribution in [0.1, 0.15) is 343 Å². The number of aliphatic hydroxyl groups is 1. The highest BCUT2D eigenvalue weighted by Gasteiger charge is 2.30. The summed E-state index contributed by atoms with van der Waals surface area (Å²) in [6.45, 7) is 9.47. The van der Waals surface area contributed by atoms with E-state index in [0.717, 1.165) is 127 Å². The second-order valence-electron chi connectivity index (χ2n) is 25.3. The van der Waals surface area contributed by atoms with Gasteiger partial charge in [-0.2, -0.15) is 0 Å². The van der Waals surface area contributed by atoms with Crippen LogP contribution in [0.25, 0.3) is 0 Å². The maximum absolute atomic E-state index is 13.0. The molecule has 0 saturated carbocycles. The van der Waals surface area contributed by atoms with E-state index in [-0.39, 0.29) is 25.7 Å². The van der Waals surface area contributed by atoms with E-state index in [0.29, 0.717) is 25.7 Å². The minimum Gasteiger partial charge on any atom is -0.462 e. The van der Waals surface area contributed by atoms with Crippen LogP contribution in [0, 0.1) is 11.8 Å². The van der Waals surface area contributed by atoms with Gasteiger partial charge in [0.15, 0.2) is 12.2 Å². The van der Waals surface area contributed by atoms with Crippen LogP contribution in [-0.2, 0) is 65.4 Å². The van der Waals surface area contributed by atoms with Crippen LogP contribution in [0.2, 0.25) is 0 Å². The molecule has 0 fully saturated rings. The SMILES string of the molecule is CCCCCCCCCC(=O)OC[C@H](COP(=O)(O)OC[C@H](O)COP(=O)(O)OC[C@@H](COC(=O)CCCCCCCCCCC(C)C)OC(=O)CCCCCCCCCCCCCCCCCCCCC(C)CC)OC(=O)CCCCCCCCC. The fourth-order valence-electron chi connectivity index (χ4n) is 10.2. The first-order chi connectivity index (χ1) is 41.9. The number of ether oxygens (including phenoxy) is 4. The molecule has 3 unspecified atom stereocenters. The zero-order valence-corrected chi connectivity index (χ0v) is 58.1. The Labute approximate surface area is 530 Å². The first-order valence-electron chi connectivity index (χ1n) is 35.5. The van der Waals surface area contributed by atoms with Gasteiger partial charge in [-0.15, -0.1) is 0 Å². The lowest BCUT2D eigenvalue weighted by Crippen LogP contribution is -2.30. The first-order valence-corrected chi connectivity index (χ1v) is 38.5. The number of phosphoric ester groups is 2. The molecule has 0 aliphatic carbocycles. The Kier molecular flexibility index (Phi) is 59.0. The standard InChI is InChI=1S/C68H132O17P2/c1-7-10-12-14-30-38-44-50-65(70)78-56-63(84-67(72)52-46-40-31-15-13-11-8-2)58-82-86(74,75)80-54-62(69)55-81-87(76,77)83-59-64(57-79-66(71)51-45-39-34-29-28-32-36-42-48-60(4)5)85-68(73)53-47-41-35-27-25-23-21-19-17-16-18-20-22-24-26-33-37-43-49-61(6)9-3/h60-64,69H,7-59H2,1-6H3,(H,74,75)(H,76,77)/t61?,62-,63+,64+/m0/s1. The molecule has 6 atom stereocenters. The topological polar surface area (TPSA) is 237 Å². The van der Waals surface area contributed by atoms with Gasteiger partial charge < -0.3 is 33.8 Å². The number of rotatable bonds is 67. The van der Waals surface area contributed by atoms with E-state index in [9.17, 15) is 43.2 Å². The normalized spacial score (nSPS) is 14.5. The van der Waals surface area contributed by atoms with E-state index in [1.54, 1.807) is 0 Å². The molecule has 19 heteroatoms. The lowest BCUT2D eigenvalue weighted by Gasteiger charge is -2.21. The molecular formula is C68H132O17P2. The van der Waals surface area contributed by atoms with Crippen LogP contribution < -0.4 is 0 Å². The molecule has 0 saturated heterocycles. The number of carbonyl (C=O) groups excluding carboxylic acids is 4. The first kappa shape index (κ1) is 85.1. The van der Waals surface area contributed by atoms with E-state index in [4.69, 9.17) is 37.0 Å². The number of unbranched alkanes of at least 4 members (excludes halogenated alkanes) is 36. The zero-order valence-electron chi connectivity index (χ0n) is 56.3. The zero-order chi connectivity index (χ0) is 64.3. The number of aliphatic hydroxyl groups excluding tert-OH is 1. The Morgan fingerprint density at radius 3 is 0.874 bits per heavy atom. The van der Waals surface area contributed by atoms with Crippen molar-refractivity contribution in [2.24, 2.45) is 11.8 Å². The molecule has 17 nitrogen and oxygen atoms in total. The van der Waals surface area contributed by atoms with Gasteiger partial charge in [-0.1, -0.05) is 292 Å². The predicted octanol–water partition coefficient (Wildman–Crippen LogP) is 19.2. The molecule has 0 heterocycles. The van der Waals surface area contributed by atoms with Crippen LogP contribution in [0.4, 0.5) is 0 Å². The molecule has 0 aromatic heterocycles. The Hall–Kier alpha value is -1.94. The fourth-order valence-corrected chi connectivity index (χ4v) is 11.8. The van der Waals surface area contributed by atoms with Crippen molar-refractivity contribution in [3.63, 3.8) is 0 Å². The van der Waals surface area contributed by atoms with Crippen molar-refractivity contribution in [1.82, 2.24) is 0 Å². The van der Waals surface area contributed by atoms with E-state index in [2.05, 4.69) is 41.5 Å². The highest BCUT2D eigenvalue weighted by Crippen LogP contribution is 2.45. The lowest BCUT2D eigenvalue weighted by molar-refractivity contribution is -0.161. The second-order valence-corrected chi connectivity index (χ2v) is 28.2. The van der Waals surface area contributed by atoms with Crippen molar-refractivity contribution in [2.75, 3.05) is 39.6 Å². The van der Waals surface area contributed by atoms with Crippen LogP contribution >= 0.6 is 15.6 Å². The summed E-state index contributed by atoms with van der Waals surface area (Å²) in [4.78, 5) is 72.1. The third kappa shape index (κ3) is 61.3. The molecule has 0 aliphatic rings. The number of esters is 4. The summed E-state index contributed by atoms with van der Waals surface area (Å²) in [5, 5.41) is 10.5. The van der Waals surface area contributed by atoms with Crippen molar-refractivity contribution in [2.45, 2.75) is 362 Å². The maximum atomic E-state index is 13.0. The van der Waals surface area contributed by atoms with Crippen molar-refractivity contribution < 1.29 is 80.2 Å². The summed E-state index contributed by atoms with van der Waals surface area (Å²) < 4.78 is 67.9. The molecule has 0 aromatic rings. The molecule has 0 spiro atoms. The molecule has 0 rings (SSSR count). The van der Waals surface area contributed by atoms with Crippen molar-refractivity contribution in [3.8, 4) is 0 Å². The highest BCUT2D eigenvalue weighted by atomic mass is 31.2. The summed E-state index contributed by atoms with van der Waals surface area (Å²) in [6, 6.07) is 0. The van der Waals surface area contributed by atoms with Crippen molar-refractivity contribution >= 4 is 39.5 Å². The Balaban J connectivity index is 5.08. The van der Waals surface area contributed by atoms with Crippen molar-refractivity contribution in [3.05, 3.63) is 0 Å². The second kappa shape index (κ2) is 60.3. The number of hydrogen-bond acceptors (Lipinski definition) is 15. The van der Waals surface area contributed by atoms with Gasteiger partial charge in [-0.3, -0.25) is 37.3 Å². The van der Waals surface area contributed by atoms with Gasteiger partial charge in [0.2, 0.25) is 0 Å². The Bertz CT molecular complexity index is 1700. The minimum absolute atomic E-state index is 0.103. The molecule has 0 amide bonds. The Morgan fingerprint density at radius 2 is 0.586 bits per heavy atom. The third-order valence-corrected chi connectivity index (χ3v) is 18.0. The summed E-state index contributed by atoms with van der Waals surface area (Å²) in [5.74, 6) is -0.541. The number of carbonyl (C=O) groups is 4. The predicted molar refractivity (Wildman–Crippen MR) is 349 cm³/mol. The number of phosphoric acid groups is 2. The van der Waals surface area contributed by atoms with Gasteiger partial charge in [0.1, 0.15) is 19.3 Å². The molecule has 87 heavy (non-hydrogen) atoms. The van der Waals surface area contributed by atoms with Gasteiger partial charge in [0.25, 0.3) is 0 Å². The number of hydrogen-bond donors (Lipinski definition) is 3. The average molecular weight is 1280 g/mol. The minimum atomic E-state index is -4.95. The molecule has 0 bridgehead atoms. The van der Waals surface area contributed by atoms with Crippen LogP contribution in [0.3, 0.4) is 0 Å². The van der Waals surface area contributed by atoms with Crippen molar-refractivity contribution in [1.29, 1.82) is 0 Å². The third-order valence-electron chi connectivity index (χ3n) is 16.1. The average Bonchev–Trinajstić information content (AvgIpc) is 3.71. The van der Waals surface area contributed by atoms with E-state index < -0.39 is 97.5 Å². The molecule has 516 valence electrons. The summed E-state index contributed by atoms with van der Waals surface area (Å²) in [7, 11) is -9.88. The highest BCUT2D eigenvalue weighted by molar-refractivity contribution is 7.47. The van der Waals surface area contributed by atoms with E-state index >= 15 is 0 Å². The van der Waals surface area contributed by atoms with E-state index in [1.807, 2.05) is 0 Å². The molecule has 3 N–H and O–H groups in total. The molecular weight excluding hydrogens is 1150 g/mol.